The number of likely N-dealkylation sites (tertiary alicyclic amines) is 1. The molecule has 1 aliphatic rings. The van der Waals surface area contributed by atoms with E-state index in [1.807, 2.05) is 24.2 Å². The maximum Gasteiger partial charge on any atom is 0.226 e. The lowest BCUT2D eigenvalue weighted by atomic mass is 9.98. The Morgan fingerprint density at radius 1 is 1.52 bits per heavy atom. The van der Waals surface area contributed by atoms with E-state index in [9.17, 15) is 9.18 Å². The van der Waals surface area contributed by atoms with Crippen LogP contribution in [0, 0.1) is 11.7 Å². The molecule has 4 nitrogen and oxygen atoms in total. The number of H-pyrrole nitrogens is 1. The van der Waals surface area contributed by atoms with Crippen molar-refractivity contribution in [3.63, 3.8) is 0 Å². The molecule has 0 radical (unpaired) electrons. The topological polar surface area (TPSA) is 48.1 Å². The molecule has 1 aromatic carbocycles. The van der Waals surface area contributed by atoms with Crippen LogP contribution >= 0.6 is 0 Å². The lowest BCUT2D eigenvalue weighted by molar-refractivity contribution is -0.134. The Labute approximate surface area is 136 Å². The number of hydrogen-bond acceptors (Lipinski definition) is 2. The van der Waals surface area contributed by atoms with E-state index in [0.29, 0.717) is 5.92 Å². The van der Waals surface area contributed by atoms with Gasteiger partial charge in [-0.3, -0.25) is 4.79 Å². The van der Waals surface area contributed by atoms with Crippen LogP contribution in [0.25, 0.3) is 10.9 Å². The van der Waals surface area contributed by atoms with E-state index in [1.165, 1.54) is 17.7 Å². The van der Waals surface area contributed by atoms with Gasteiger partial charge >= 0.3 is 0 Å². The summed E-state index contributed by atoms with van der Waals surface area (Å²) < 4.78 is 13.3. The normalized spacial score (nSPS) is 19.4. The third-order valence-electron chi connectivity index (χ3n) is 4.91. The Balaban J connectivity index is 1.75. The third-order valence-corrected chi connectivity index (χ3v) is 4.91. The second-order valence-corrected chi connectivity index (χ2v) is 6.37. The average Bonchev–Trinajstić information content (AvgIpc) is 3.17. The first-order valence-corrected chi connectivity index (χ1v) is 8.34. The van der Waals surface area contributed by atoms with Gasteiger partial charge < -0.3 is 15.2 Å². The minimum Gasteiger partial charge on any atom is -0.361 e. The zero-order chi connectivity index (χ0) is 16.4. The summed E-state index contributed by atoms with van der Waals surface area (Å²) in [4.78, 5) is 17.8. The molecule has 2 atom stereocenters. The predicted molar refractivity (Wildman–Crippen MR) is 89.9 cm³/mol. The van der Waals surface area contributed by atoms with Crippen LogP contribution in [0.15, 0.2) is 24.4 Å². The van der Waals surface area contributed by atoms with E-state index >= 15 is 0 Å². The molecule has 1 fully saturated rings. The first-order chi connectivity index (χ1) is 11.1. The number of hydrogen-bond donors (Lipinski definition) is 2. The molecule has 0 bridgehead atoms. The minimum absolute atomic E-state index is 0.0517. The van der Waals surface area contributed by atoms with Gasteiger partial charge in [-0.2, -0.15) is 0 Å². The first kappa shape index (κ1) is 16.0. The van der Waals surface area contributed by atoms with E-state index in [0.717, 1.165) is 43.4 Å². The molecule has 1 aromatic heterocycles. The number of fused-ring (bicyclic) bond motifs is 1. The smallest absolute Gasteiger partial charge is 0.226 e. The number of halogens is 1. The van der Waals surface area contributed by atoms with Crippen molar-refractivity contribution in [1.82, 2.24) is 15.2 Å². The summed E-state index contributed by atoms with van der Waals surface area (Å²) in [6, 6.07) is 4.85. The lowest BCUT2D eigenvalue weighted by Gasteiger charge is -2.22. The van der Waals surface area contributed by atoms with Crippen molar-refractivity contribution >= 4 is 16.8 Å². The van der Waals surface area contributed by atoms with E-state index in [-0.39, 0.29) is 17.6 Å². The van der Waals surface area contributed by atoms with Crippen molar-refractivity contribution in [3.8, 4) is 0 Å². The largest absolute Gasteiger partial charge is 0.361 e. The second kappa shape index (κ2) is 6.71. The molecule has 1 amide bonds. The third kappa shape index (κ3) is 3.11. The highest BCUT2D eigenvalue weighted by Gasteiger charge is 2.31. The quantitative estimate of drug-likeness (QED) is 0.891. The molecular weight excluding hydrogens is 293 g/mol. The van der Waals surface area contributed by atoms with E-state index in [2.05, 4.69) is 17.2 Å². The Morgan fingerprint density at radius 3 is 3.09 bits per heavy atom. The summed E-state index contributed by atoms with van der Waals surface area (Å²) in [5, 5.41) is 4.17. The summed E-state index contributed by atoms with van der Waals surface area (Å²) in [6.07, 6.45) is 3.78. The Kier molecular flexibility index (Phi) is 4.66. The van der Waals surface area contributed by atoms with Gasteiger partial charge in [0, 0.05) is 42.7 Å². The lowest BCUT2D eigenvalue weighted by Crippen LogP contribution is -2.38. The summed E-state index contributed by atoms with van der Waals surface area (Å²) in [5.74, 6) is 0.392. The van der Waals surface area contributed by atoms with Crippen LogP contribution < -0.4 is 5.32 Å². The fourth-order valence-electron chi connectivity index (χ4n) is 3.58. The summed E-state index contributed by atoms with van der Waals surface area (Å²) in [6.45, 7) is 4.34. The maximum atomic E-state index is 13.3. The Hall–Kier alpha value is -1.88. The number of nitrogens with zero attached hydrogens (tertiary/aromatic N) is 1. The fourth-order valence-corrected chi connectivity index (χ4v) is 3.58. The van der Waals surface area contributed by atoms with Crippen LogP contribution in [-0.4, -0.2) is 42.5 Å². The number of nitrogens with one attached hydrogen (secondary N) is 2. The van der Waals surface area contributed by atoms with Crippen molar-refractivity contribution in [2.75, 3.05) is 26.7 Å². The Bertz CT molecular complexity index is 697. The van der Waals surface area contributed by atoms with Gasteiger partial charge in [0.15, 0.2) is 0 Å². The molecule has 124 valence electrons. The number of rotatable bonds is 5. The van der Waals surface area contributed by atoms with Crippen molar-refractivity contribution < 1.29 is 9.18 Å². The van der Waals surface area contributed by atoms with Gasteiger partial charge in [0.1, 0.15) is 5.82 Å². The van der Waals surface area contributed by atoms with Crippen molar-refractivity contribution in [1.29, 1.82) is 0 Å². The molecule has 1 saturated heterocycles. The number of aromatic nitrogens is 1. The molecule has 23 heavy (non-hydrogen) atoms. The van der Waals surface area contributed by atoms with Crippen LogP contribution in [0.2, 0.25) is 0 Å². The van der Waals surface area contributed by atoms with Gasteiger partial charge in [0.25, 0.3) is 0 Å². The van der Waals surface area contributed by atoms with Gasteiger partial charge in [-0.05, 0) is 43.7 Å². The summed E-state index contributed by atoms with van der Waals surface area (Å²) >= 11 is 0. The highest BCUT2D eigenvalue weighted by molar-refractivity contribution is 5.84. The van der Waals surface area contributed by atoms with Crippen LogP contribution in [0.5, 0.6) is 0 Å². The molecule has 5 heteroatoms. The molecule has 2 unspecified atom stereocenters. The highest BCUT2D eigenvalue weighted by Crippen LogP contribution is 2.33. The SMILES string of the molecule is CCC(CNC)C(=O)N1CCC(c2c[nH]c3cc(F)ccc23)C1. The molecule has 2 N–H and O–H groups in total. The molecule has 2 heterocycles. The number of benzene rings is 1. The Morgan fingerprint density at radius 2 is 2.35 bits per heavy atom. The zero-order valence-electron chi connectivity index (χ0n) is 13.7. The minimum atomic E-state index is -0.230. The second-order valence-electron chi connectivity index (χ2n) is 6.37. The standard InChI is InChI=1S/C18H24FN3O/c1-3-12(9-20-2)18(23)22-7-6-13(11-22)16-10-21-17-8-14(19)4-5-15(16)17/h4-5,8,10,12-13,20-21H,3,6-7,9,11H2,1-2H3. The molecule has 2 aromatic rings. The van der Waals surface area contributed by atoms with Gasteiger partial charge in [-0.15, -0.1) is 0 Å². The number of aromatic amines is 1. The summed E-state index contributed by atoms with van der Waals surface area (Å²) in [5.41, 5.74) is 2.02. The molecular formula is C18H24FN3O. The molecule has 3 rings (SSSR count). The van der Waals surface area contributed by atoms with Gasteiger partial charge in [-0.25, -0.2) is 4.39 Å². The summed E-state index contributed by atoms with van der Waals surface area (Å²) in [7, 11) is 1.88. The van der Waals surface area contributed by atoms with Gasteiger partial charge in [0.05, 0.1) is 5.92 Å². The molecule has 0 saturated carbocycles. The number of amides is 1. The highest BCUT2D eigenvalue weighted by atomic mass is 19.1. The van der Waals surface area contributed by atoms with Crippen molar-refractivity contribution in [2.24, 2.45) is 5.92 Å². The maximum absolute atomic E-state index is 13.3. The zero-order valence-corrected chi connectivity index (χ0v) is 13.7. The van der Waals surface area contributed by atoms with E-state index in [4.69, 9.17) is 0 Å². The van der Waals surface area contributed by atoms with Crippen molar-refractivity contribution in [3.05, 3.63) is 35.8 Å². The number of carbonyl (C=O) groups excluding carboxylic acids is 1. The van der Waals surface area contributed by atoms with E-state index < -0.39 is 0 Å². The van der Waals surface area contributed by atoms with Gasteiger partial charge in [0.2, 0.25) is 5.91 Å². The van der Waals surface area contributed by atoms with Crippen LogP contribution in [0.4, 0.5) is 4.39 Å². The van der Waals surface area contributed by atoms with Crippen LogP contribution in [-0.2, 0) is 4.79 Å². The van der Waals surface area contributed by atoms with Gasteiger partial charge in [-0.1, -0.05) is 6.92 Å². The van der Waals surface area contributed by atoms with E-state index in [1.54, 1.807) is 0 Å². The molecule has 0 spiro atoms. The average molecular weight is 317 g/mol. The predicted octanol–water partition coefficient (Wildman–Crippen LogP) is 2.87. The molecule has 0 aliphatic carbocycles. The first-order valence-electron chi connectivity index (χ1n) is 8.34. The monoisotopic (exact) mass is 317 g/mol. The number of carbonyl (C=O) groups is 1. The van der Waals surface area contributed by atoms with Crippen LogP contribution in [0.1, 0.15) is 31.2 Å². The van der Waals surface area contributed by atoms with Crippen LogP contribution in [0.3, 0.4) is 0 Å². The molecule has 1 aliphatic heterocycles. The van der Waals surface area contributed by atoms with Crippen molar-refractivity contribution in [2.45, 2.75) is 25.7 Å². The fraction of sp³-hybridized carbons (Fsp3) is 0.500.